The first-order valence-electron chi connectivity index (χ1n) is 6.51. The average molecular weight is 276 g/mol. The van der Waals surface area contributed by atoms with E-state index in [4.69, 9.17) is 15.3 Å². The maximum atomic E-state index is 9.36. The second kappa shape index (κ2) is 7.94. The predicted molar refractivity (Wildman–Crippen MR) is 78.2 cm³/mol. The zero-order valence-electron chi connectivity index (χ0n) is 11.5. The largest absolute Gasteiger partial charge is 0.508 e. The highest BCUT2D eigenvalue weighted by Crippen LogP contribution is 2.23. The zero-order chi connectivity index (χ0) is 15.0. The Kier molecular flexibility index (Phi) is 6.23. The number of unbranched alkanes of at least 4 members (excludes halogenated alkanes) is 1. The molecule has 2 aromatic carbocycles. The van der Waals surface area contributed by atoms with E-state index >= 15 is 0 Å². The Morgan fingerprint density at radius 3 is 1.85 bits per heavy atom. The first-order chi connectivity index (χ1) is 9.52. The van der Waals surface area contributed by atoms with Gasteiger partial charge in [0.15, 0.2) is 0 Å². The summed E-state index contributed by atoms with van der Waals surface area (Å²) in [6.45, 7) is 2.11. The average Bonchev–Trinajstić information content (AvgIpc) is 2.38. The third-order valence-corrected chi connectivity index (χ3v) is 2.70. The van der Waals surface area contributed by atoms with Crippen LogP contribution in [0.2, 0.25) is 0 Å². The Labute approximate surface area is 118 Å². The Balaban J connectivity index is 0.000000217. The number of phenolic OH excluding ortho intramolecular Hbond substituents is 4. The summed E-state index contributed by atoms with van der Waals surface area (Å²) in [6.07, 6.45) is 3.06. The Morgan fingerprint density at radius 2 is 1.40 bits per heavy atom. The molecule has 4 N–H and O–H groups in total. The number of hydrogen-bond donors (Lipinski definition) is 4. The van der Waals surface area contributed by atoms with Crippen molar-refractivity contribution in [2.75, 3.05) is 0 Å². The van der Waals surface area contributed by atoms with Gasteiger partial charge in [0.05, 0.1) is 0 Å². The molecule has 0 aromatic heterocycles. The number of benzene rings is 2. The van der Waals surface area contributed by atoms with E-state index in [9.17, 15) is 5.11 Å². The van der Waals surface area contributed by atoms with E-state index < -0.39 is 0 Å². The van der Waals surface area contributed by atoms with E-state index in [-0.39, 0.29) is 23.0 Å². The molecule has 0 saturated heterocycles. The Bertz CT molecular complexity index is 521. The van der Waals surface area contributed by atoms with Crippen molar-refractivity contribution < 1.29 is 20.4 Å². The van der Waals surface area contributed by atoms with E-state index in [0.29, 0.717) is 0 Å². The molecule has 0 aliphatic rings. The maximum absolute atomic E-state index is 9.36. The molecule has 0 saturated carbocycles. The lowest BCUT2D eigenvalue weighted by molar-refractivity contribution is 0.445. The second-order valence-corrected chi connectivity index (χ2v) is 4.44. The smallest absolute Gasteiger partial charge is 0.122 e. The molecule has 2 aromatic rings. The van der Waals surface area contributed by atoms with Crippen molar-refractivity contribution in [1.82, 2.24) is 0 Å². The molecule has 0 aliphatic carbocycles. The minimum Gasteiger partial charge on any atom is -0.508 e. The molecular formula is C16H20O4. The quantitative estimate of drug-likeness (QED) is 0.691. The van der Waals surface area contributed by atoms with Gasteiger partial charge in [-0.15, -0.1) is 0 Å². The normalized spacial score (nSPS) is 9.65. The van der Waals surface area contributed by atoms with Crippen molar-refractivity contribution in [1.29, 1.82) is 0 Å². The Morgan fingerprint density at radius 1 is 0.800 bits per heavy atom. The molecule has 0 spiro atoms. The molecule has 0 aliphatic heterocycles. The van der Waals surface area contributed by atoms with Crippen LogP contribution in [0, 0.1) is 0 Å². The molecule has 0 heterocycles. The zero-order valence-corrected chi connectivity index (χ0v) is 11.5. The van der Waals surface area contributed by atoms with Gasteiger partial charge in [-0.2, -0.15) is 0 Å². The predicted octanol–water partition coefficient (Wildman–Crippen LogP) is 3.54. The molecule has 0 atom stereocenters. The van der Waals surface area contributed by atoms with Crippen LogP contribution in [-0.4, -0.2) is 20.4 Å². The van der Waals surface area contributed by atoms with E-state index in [1.807, 2.05) is 0 Å². The fraction of sp³-hybridized carbons (Fsp3) is 0.250. The summed E-state index contributed by atoms with van der Waals surface area (Å²) in [5.41, 5.74) is 0.912. The second-order valence-electron chi connectivity index (χ2n) is 4.44. The van der Waals surface area contributed by atoms with Crippen molar-refractivity contribution in [3.63, 3.8) is 0 Å². The van der Waals surface area contributed by atoms with Crippen LogP contribution in [-0.2, 0) is 6.42 Å². The topological polar surface area (TPSA) is 80.9 Å². The van der Waals surface area contributed by atoms with Gasteiger partial charge in [-0.3, -0.25) is 0 Å². The summed E-state index contributed by atoms with van der Waals surface area (Å²) >= 11 is 0. The van der Waals surface area contributed by atoms with Crippen LogP contribution in [0.3, 0.4) is 0 Å². The molecule has 0 bridgehead atoms. The van der Waals surface area contributed by atoms with Crippen molar-refractivity contribution >= 4 is 0 Å². The molecule has 0 radical (unpaired) electrons. The summed E-state index contributed by atoms with van der Waals surface area (Å²) in [6, 6.07) is 10.6. The summed E-state index contributed by atoms with van der Waals surface area (Å²) < 4.78 is 0. The maximum Gasteiger partial charge on any atom is 0.122 e. The van der Waals surface area contributed by atoms with Crippen molar-refractivity contribution in [3.8, 4) is 23.0 Å². The van der Waals surface area contributed by atoms with Gasteiger partial charge >= 0.3 is 0 Å². The summed E-state index contributed by atoms with van der Waals surface area (Å²) in [7, 11) is 0. The van der Waals surface area contributed by atoms with Crippen LogP contribution in [0.1, 0.15) is 25.3 Å². The van der Waals surface area contributed by atoms with Crippen molar-refractivity contribution in [2.45, 2.75) is 26.2 Å². The molecule has 20 heavy (non-hydrogen) atoms. The summed E-state index contributed by atoms with van der Waals surface area (Å²) in [5.74, 6) is 0.492. The molecule has 108 valence electrons. The van der Waals surface area contributed by atoms with Crippen LogP contribution in [0.15, 0.2) is 42.5 Å². The first-order valence-corrected chi connectivity index (χ1v) is 6.51. The molecule has 0 unspecified atom stereocenters. The van der Waals surface area contributed by atoms with E-state index in [0.717, 1.165) is 24.8 Å². The van der Waals surface area contributed by atoms with Crippen LogP contribution in [0.4, 0.5) is 0 Å². The van der Waals surface area contributed by atoms with Gasteiger partial charge in [0, 0.05) is 12.1 Å². The van der Waals surface area contributed by atoms with Gasteiger partial charge in [-0.05, 0) is 36.6 Å². The van der Waals surface area contributed by atoms with E-state index in [2.05, 4.69) is 6.92 Å². The van der Waals surface area contributed by atoms with Gasteiger partial charge in [-0.25, -0.2) is 0 Å². The standard InChI is InChI=1S/C10H14O2.C6H6O2/c1-2-3-4-8-5-6-9(11)7-10(8)12;7-5-2-1-3-6(8)4-5/h5-7,11-12H,2-4H2,1H3;1-4,7-8H. The lowest BCUT2D eigenvalue weighted by Gasteiger charge is -2.03. The van der Waals surface area contributed by atoms with Gasteiger partial charge in [0.2, 0.25) is 0 Å². The summed E-state index contributed by atoms with van der Waals surface area (Å²) in [5, 5.41) is 35.7. The monoisotopic (exact) mass is 276 g/mol. The Hall–Kier alpha value is -2.36. The van der Waals surface area contributed by atoms with E-state index in [1.54, 1.807) is 18.2 Å². The fourth-order valence-electron chi connectivity index (χ4n) is 1.62. The summed E-state index contributed by atoms with van der Waals surface area (Å²) in [4.78, 5) is 0. The lowest BCUT2D eigenvalue weighted by atomic mass is 10.1. The number of aryl methyl sites for hydroxylation is 1. The van der Waals surface area contributed by atoms with Gasteiger partial charge < -0.3 is 20.4 Å². The first kappa shape index (κ1) is 15.7. The highest BCUT2D eigenvalue weighted by Gasteiger charge is 2.00. The minimum atomic E-state index is 0.0880. The number of hydrogen-bond acceptors (Lipinski definition) is 4. The molecular weight excluding hydrogens is 256 g/mol. The van der Waals surface area contributed by atoms with Crippen LogP contribution >= 0.6 is 0 Å². The third-order valence-electron chi connectivity index (χ3n) is 2.70. The van der Waals surface area contributed by atoms with E-state index in [1.165, 1.54) is 24.3 Å². The van der Waals surface area contributed by atoms with Gasteiger partial charge in [0.1, 0.15) is 23.0 Å². The lowest BCUT2D eigenvalue weighted by Crippen LogP contribution is -1.84. The molecule has 2 rings (SSSR count). The van der Waals surface area contributed by atoms with Crippen molar-refractivity contribution in [2.24, 2.45) is 0 Å². The molecule has 0 fully saturated rings. The highest BCUT2D eigenvalue weighted by atomic mass is 16.3. The molecule has 0 amide bonds. The number of phenols is 4. The highest BCUT2D eigenvalue weighted by molar-refractivity contribution is 5.38. The van der Waals surface area contributed by atoms with Crippen LogP contribution < -0.4 is 0 Å². The van der Waals surface area contributed by atoms with Gasteiger partial charge in [0.25, 0.3) is 0 Å². The SMILES string of the molecule is CCCCc1ccc(O)cc1O.Oc1cccc(O)c1. The molecule has 4 heteroatoms. The fourth-order valence-corrected chi connectivity index (χ4v) is 1.62. The van der Waals surface area contributed by atoms with Crippen molar-refractivity contribution in [3.05, 3.63) is 48.0 Å². The third kappa shape index (κ3) is 5.52. The van der Waals surface area contributed by atoms with Gasteiger partial charge in [-0.1, -0.05) is 25.5 Å². The number of rotatable bonds is 3. The van der Waals surface area contributed by atoms with Crippen LogP contribution in [0.25, 0.3) is 0 Å². The minimum absolute atomic E-state index is 0.0880. The number of aromatic hydroxyl groups is 4. The van der Waals surface area contributed by atoms with Crippen LogP contribution in [0.5, 0.6) is 23.0 Å². The molecule has 4 nitrogen and oxygen atoms in total.